The minimum Gasteiger partial charge on any atom is -0.361 e. The molecule has 2 heterocycles. The minimum absolute atomic E-state index is 0.537. The zero-order chi connectivity index (χ0) is 14.3. The fraction of sp³-hybridized carbons (Fsp3) is 0.333. The predicted molar refractivity (Wildman–Crippen MR) is 73.4 cm³/mol. The summed E-state index contributed by atoms with van der Waals surface area (Å²) in [5, 5.41) is 0.855. The van der Waals surface area contributed by atoms with Gasteiger partial charge in [0.1, 0.15) is 0 Å². The SMILES string of the molecule is CN1CC=C(c2c[nH]c3cc(C(F)(F)F)ccc23)CC1. The Morgan fingerprint density at radius 2 is 2.05 bits per heavy atom. The van der Waals surface area contributed by atoms with Crippen LogP contribution in [0.2, 0.25) is 0 Å². The molecule has 0 unspecified atom stereocenters. The van der Waals surface area contributed by atoms with Crippen molar-refractivity contribution in [1.82, 2.24) is 9.88 Å². The molecule has 0 spiro atoms. The topological polar surface area (TPSA) is 19.0 Å². The largest absolute Gasteiger partial charge is 0.416 e. The van der Waals surface area contributed by atoms with Crippen molar-refractivity contribution < 1.29 is 13.2 Å². The van der Waals surface area contributed by atoms with Crippen molar-refractivity contribution >= 4 is 16.5 Å². The maximum absolute atomic E-state index is 12.7. The number of aromatic amines is 1. The molecule has 2 nitrogen and oxygen atoms in total. The van der Waals surface area contributed by atoms with Gasteiger partial charge in [-0.1, -0.05) is 12.1 Å². The lowest BCUT2D eigenvalue weighted by Gasteiger charge is -2.21. The van der Waals surface area contributed by atoms with E-state index >= 15 is 0 Å². The van der Waals surface area contributed by atoms with Gasteiger partial charge in [-0.2, -0.15) is 13.2 Å². The molecular formula is C15H15F3N2. The molecule has 1 N–H and O–H groups in total. The van der Waals surface area contributed by atoms with Crippen molar-refractivity contribution in [3.63, 3.8) is 0 Å². The zero-order valence-corrected chi connectivity index (χ0v) is 11.1. The summed E-state index contributed by atoms with van der Waals surface area (Å²) in [6, 6.07) is 3.88. The highest BCUT2D eigenvalue weighted by molar-refractivity contribution is 5.93. The van der Waals surface area contributed by atoms with E-state index in [1.54, 1.807) is 6.07 Å². The zero-order valence-electron chi connectivity index (χ0n) is 11.1. The number of nitrogens with one attached hydrogen (secondary N) is 1. The van der Waals surface area contributed by atoms with Crippen LogP contribution in [0, 0.1) is 0 Å². The van der Waals surface area contributed by atoms with Gasteiger partial charge in [0.15, 0.2) is 0 Å². The van der Waals surface area contributed by atoms with Crippen LogP contribution in [0.15, 0.2) is 30.5 Å². The van der Waals surface area contributed by atoms with Gasteiger partial charge in [0.25, 0.3) is 0 Å². The lowest BCUT2D eigenvalue weighted by Crippen LogP contribution is -2.23. The monoisotopic (exact) mass is 280 g/mol. The van der Waals surface area contributed by atoms with Crippen molar-refractivity contribution in [2.24, 2.45) is 0 Å². The summed E-state index contributed by atoms with van der Waals surface area (Å²) >= 11 is 0. The molecule has 2 aromatic rings. The molecule has 3 rings (SSSR count). The van der Waals surface area contributed by atoms with Crippen LogP contribution in [-0.2, 0) is 6.18 Å². The maximum atomic E-state index is 12.7. The van der Waals surface area contributed by atoms with Gasteiger partial charge < -0.3 is 9.88 Å². The molecule has 0 saturated heterocycles. The third-order valence-electron chi connectivity index (χ3n) is 3.77. The second-order valence-electron chi connectivity index (χ2n) is 5.20. The standard InChI is InChI=1S/C15H15F3N2/c1-20-6-4-10(5-7-20)13-9-19-14-8-11(15(16,17)18)2-3-12(13)14/h2-4,8-9,19H,5-7H2,1H3. The third-order valence-corrected chi connectivity index (χ3v) is 3.77. The summed E-state index contributed by atoms with van der Waals surface area (Å²) in [5.74, 6) is 0. The summed E-state index contributed by atoms with van der Waals surface area (Å²) in [5.41, 5.74) is 2.14. The molecule has 0 radical (unpaired) electrons. The van der Waals surface area contributed by atoms with Gasteiger partial charge in [0, 0.05) is 35.8 Å². The number of aromatic nitrogens is 1. The molecule has 0 saturated carbocycles. The normalized spacial score (nSPS) is 17.5. The lowest BCUT2D eigenvalue weighted by atomic mass is 9.98. The number of benzene rings is 1. The van der Waals surface area contributed by atoms with E-state index in [9.17, 15) is 13.2 Å². The van der Waals surface area contributed by atoms with Crippen molar-refractivity contribution in [1.29, 1.82) is 0 Å². The van der Waals surface area contributed by atoms with E-state index in [-0.39, 0.29) is 0 Å². The van der Waals surface area contributed by atoms with Gasteiger partial charge in [-0.15, -0.1) is 0 Å². The van der Waals surface area contributed by atoms with Crippen LogP contribution in [0.5, 0.6) is 0 Å². The number of fused-ring (bicyclic) bond motifs is 1. The van der Waals surface area contributed by atoms with Crippen LogP contribution in [-0.4, -0.2) is 30.0 Å². The molecule has 20 heavy (non-hydrogen) atoms. The van der Waals surface area contributed by atoms with E-state index in [0.29, 0.717) is 5.52 Å². The van der Waals surface area contributed by atoms with E-state index in [4.69, 9.17) is 0 Å². The average molecular weight is 280 g/mol. The highest BCUT2D eigenvalue weighted by atomic mass is 19.4. The Balaban J connectivity index is 2.03. The molecule has 1 aromatic heterocycles. The first-order chi connectivity index (χ1) is 9.45. The fourth-order valence-electron chi connectivity index (χ4n) is 2.58. The van der Waals surface area contributed by atoms with Gasteiger partial charge in [-0.3, -0.25) is 0 Å². The van der Waals surface area contributed by atoms with Gasteiger partial charge in [-0.25, -0.2) is 0 Å². The molecular weight excluding hydrogens is 265 g/mol. The molecule has 0 amide bonds. The average Bonchev–Trinajstić information content (AvgIpc) is 2.81. The van der Waals surface area contributed by atoms with E-state index in [0.717, 1.165) is 36.5 Å². The van der Waals surface area contributed by atoms with E-state index in [1.165, 1.54) is 11.6 Å². The van der Waals surface area contributed by atoms with Crippen molar-refractivity contribution in [2.75, 3.05) is 20.1 Å². The molecule has 1 aliphatic rings. The Bertz CT molecular complexity index is 667. The summed E-state index contributed by atoms with van der Waals surface area (Å²) < 4.78 is 38.1. The summed E-state index contributed by atoms with van der Waals surface area (Å²) in [7, 11) is 2.05. The second kappa shape index (κ2) is 4.66. The summed E-state index contributed by atoms with van der Waals surface area (Å²) in [6.45, 7) is 1.85. The molecule has 1 aromatic carbocycles. The lowest BCUT2D eigenvalue weighted by molar-refractivity contribution is -0.137. The number of rotatable bonds is 1. The Hall–Kier alpha value is -1.75. The van der Waals surface area contributed by atoms with E-state index in [1.807, 2.05) is 6.20 Å². The number of hydrogen-bond donors (Lipinski definition) is 1. The van der Waals surface area contributed by atoms with Gasteiger partial charge in [0.05, 0.1) is 5.56 Å². The predicted octanol–water partition coefficient (Wildman–Crippen LogP) is 3.91. The van der Waals surface area contributed by atoms with Crippen LogP contribution in [0.4, 0.5) is 13.2 Å². The quantitative estimate of drug-likeness (QED) is 0.839. The van der Waals surface area contributed by atoms with Crippen LogP contribution in [0.25, 0.3) is 16.5 Å². The number of halogens is 3. The Kier molecular flexibility index (Phi) is 3.09. The van der Waals surface area contributed by atoms with Crippen molar-refractivity contribution in [3.8, 4) is 0 Å². The van der Waals surface area contributed by atoms with Gasteiger partial charge >= 0.3 is 6.18 Å². The van der Waals surface area contributed by atoms with Crippen LogP contribution in [0.3, 0.4) is 0 Å². The molecule has 106 valence electrons. The third kappa shape index (κ3) is 2.33. The first kappa shape index (κ1) is 13.2. The fourth-order valence-corrected chi connectivity index (χ4v) is 2.58. The van der Waals surface area contributed by atoms with Crippen molar-refractivity contribution in [2.45, 2.75) is 12.6 Å². The van der Waals surface area contributed by atoms with Gasteiger partial charge in [0.2, 0.25) is 0 Å². The first-order valence-corrected chi connectivity index (χ1v) is 6.51. The maximum Gasteiger partial charge on any atom is 0.416 e. The molecule has 0 atom stereocenters. The molecule has 0 bridgehead atoms. The number of nitrogens with zero attached hydrogens (tertiary/aromatic N) is 1. The molecule has 5 heteroatoms. The highest BCUT2D eigenvalue weighted by Gasteiger charge is 2.30. The molecule has 1 aliphatic heterocycles. The summed E-state index contributed by atoms with van der Waals surface area (Å²) in [6.07, 6.45) is 0.572. The van der Waals surface area contributed by atoms with Crippen LogP contribution in [0.1, 0.15) is 17.5 Å². The number of likely N-dealkylation sites (N-methyl/N-ethyl adjacent to an activating group) is 1. The second-order valence-corrected chi connectivity index (χ2v) is 5.20. The number of hydrogen-bond acceptors (Lipinski definition) is 1. The smallest absolute Gasteiger partial charge is 0.361 e. The van der Waals surface area contributed by atoms with Crippen LogP contribution < -0.4 is 0 Å². The minimum atomic E-state index is -4.30. The Labute approximate surface area is 114 Å². The first-order valence-electron chi connectivity index (χ1n) is 6.51. The number of H-pyrrole nitrogens is 1. The molecule has 0 fully saturated rings. The Morgan fingerprint density at radius 3 is 2.70 bits per heavy atom. The summed E-state index contributed by atoms with van der Waals surface area (Å²) in [4.78, 5) is 5.16. The Morgan fingerprint density at radius 1 is 1.25 bits per heavy atom. The van der Waals surface area contributed by atoms with Gasteiger partial charge in [-0.05, 0) is 31.2 Å². The number of alkyl halides is 3. The highest BCUT2D eigenvalue weighted by Crippen LogP contribution is 2.34. The van der Waals surface area contributed by atoms with Crippen LogP contribution >= 0.6 is 0 Å². The van der Waals surface area contributed by atoms with Crippen molar-refractivity contribution in [3.05, 3.63) is 41.6 Å². The van der Waals surface area contributed by atoms with E-state index in [2.05, 4.69) is 23.0 Å². The molecule has 0 aliphatic carbocycles. The van der Waals surface area contributed by atoms with E-state index < -0.39 is 11.7 Å².